The van der Waals surface area contributed by atoms with Gasteiger partial charge in [-0.2, -0.15) is 0 Å². The fourth-order valence-electron chi connectivity index (χ4n) is 4.56. The van der Waals surface area contributed by atoms with Crippen LogP contribution in [0.2, 0.25) is 0 Å². The SMILES string of the molecule is CC/C=C\C/C=C\C/C=C\C/C=C\C/C=C\CCCCCC(=O)OC(CCCCCCCCC)CCCCC(=O)O. The highest BCUT2D eigenvalue weighted by Gasteiger charge is 2.14. The van der Waals surface area contributed by atoms with Crippen LogP contribution in [0.5, 0.6) is 0 Å². The van der Waals surface area contributed by atoms with Crippen LogP contribution in [0.25, 0.3) is 0 Å². The van der Waals surface area contributed by atoms with Crippen LogP contribution in [0, 0.1) is 0 Å². The van der Waals surface area contributed by atoms with Crippen LogP contribution in [0.1, 0.15) is 155 Å². The van der Waals surface area contributed by atoms with Crippen LogP contribution in [0.15, 0.2) is 60.8 Å². The molecule has 0 saturated heterocycles. The number of carbonyl (C=O) groups excluding carboxylic acids is 1. The van der Waals surface area contributed by atoms with E-state index in [1.165, 1.54) is 38.5 Å². The molecule has 0 heterocycles. The second-order valence-corrected chi connectivity index (χ2v) is 11.0. The second kappa shape index (κ2) is 32.2. The summed E-state index contributed by atoms with van der Waals surface area (Å²) in [4.78, 5) is 23.2. The van der Waals surface area contributed by atoms with Crippen LogP contribution in [-0.4, -0.2) is 23.1 Å². The van der Waals surface area contributed by atoms with E-state index in [2.05, 4.69) is 74.6 Å². The highest BCUT2D eigenvalue weighted by atomic mass is 16.5. The number of hydrogen-bond donors (Lipinski definition) is 1. The second-order valence-electron chi connectivity index (χ2n) is 11.0. The Morgan fingerprint density at radius 3 is 1.59 bits per heavy atom. The summed E-state index contributed by atoms with van der Waals surface area (Å²) in [6.45, 7) is 4.39. The molecule has 0 bridgehead atoms. The number of allylic oxidation sites excluding steroid dienone is 10. The molecule has 0 aliphatic carbocycles. The highest BCUT2D eigenvalue weighted by molar-refractivity contribution is 5.69. The normalized spacial score (nSPS) is 13.0. The van der Waals surface area contributed by atoms with Crippen molar-refractivity contribution in [3.8, 4) is 0 Å². The molecule has 1 atom stereocenters. The minimum atomic E-state index is -0.754. The number of carboxylic acids is 1. The van der Waals surface area contributed by atoms with Crippen LogP contribution in [0.3, 0.4) is 0 Å². The molecule has 0 aliphatic heterocycles. The Labute approximate surface area is 253 Å². The molecule has 1 unspecified atom stereocenters. The molecule has 4 nitrogen and oxygen atoms in total. The van der Waals surface area contributed by atoms with E-state index in [1.807, 2.05) is 0 Å². The lowest BCUT2D eigenvalue weighted by atomic mass is 10.0. The fourth-order valence-corrected chi connectivity index (χ4v) is 4.56. The van der Waals surface area contributed by atoms with E-state index >= 15 is 0 Å². The third kappa shape index (κ3) is 32.0. The van der Waals surface area contributed by atoms with Crippen molar-refractivity contribution in [3.05, 3.63) is 60.8 Å². The predicted molar refractivity (Wildman–Crippen MR) is 176 cm³/mol. The first-order valence-corrected chi connectivity index (χ1v) is 16.8. The zero-order chi connectivity index (χ0) is 30.1. The number of carbonyl (C=O) groups is 2. The van der Waals surface area contributed by atoms with Crippen molar-refractivity contribution in [2.24, 2.45) is 0 Å². The van der Waals surface area contributed by atoms with Gasteiger partial charge in [0.1, 0.15) is 6.10 Å². The van der Waals surface area contributed by atoms with Gasteiger partial charge in [0.2, 0.25) is 0 Å². The summed E-state index contributed by atoms with van der Waals surface area (Å²) in [5.74, 6) is -0.846. The lowest BCUT2D eigenvalue weighted by molar-refractivity contribution is -0.150. The van der Waals surface area contributed by atoms with Gasteiger partial charge < -0.3 is 9.84 Å². The average Bonchev–Trinajstić information content (AvgIpc) is 2.95. The molecule has 41 heavy (non-hydrogen) atoms. The maximum Gasteiger partial charge on any atom is 0.306 e. The maximum atomic E-state index is 12.4. The molecule has 0 aromatic heterocycles. The fraction of sp³-hybridized carbons (Fsp3) is 0.676. The standard InChI is InChI=1S/C37H62O4/c1-3-5-7-9-11-12-13-14-15-16-17-18-19-20-21-22-24-26-28-34-37(40)41-35(32-29-30-33-36(38)39)31-27-25-23-10-8-6-4-2/h5,7,11-12,14-15,17-18,20-21,35H,3-4,6,8-10,13,16,19,22-34H2,1-2H3,(H,38,39)/b7-5-,12-11-,15-14-,18-17-,21-20-. The van der Waals surface area contributed by atoms with E-state index < -0.39 is 5.97 Å². The Morgan fingerprint density at radius 1 is 0.561 bits per heavy atom. The molecule has 234 valence electrons. The van der Waals surface area contributed by atoms with Gasteiger partial charge in [0.25, 0.3) is 0 Å². The molecule has 0 spiro atoms. The number of unbranched alkanes of at least 4 members (excludes halogenated alkanes) is 10. The quantitative estimate of drug-likeness (QED) is 0.0552. The third-order valence-corrected chi connectivity index (χ3v) is 7.00. The van der Waals surface area contributed by atoms with E-state index in [0.29, 0.717) is 12.8 Å². The summed E-state index contributed by atoms with van der Waals surface area (Å²) in [6, 6.07) is 0. The van der Waals surface area contributed by atoms with Gasteiger partial charge in [0.15, 0.2) is 0 Å². The molecule has 0 fully saturated rings. The van der Waals surface area contributed by atoms with Crippen molar-refractivity contribution in [3.63, 3.8) is 0 Å². The Hall–Kier alpha value is -2.36. The molecule has 0 rings (SSSR count). The molecule has 0 radical (unpaired) electrons. The summed E-state index contributed by atoms with van der Waals surface area (Å²) in [5, 5.41) is 8.87. The maximum absolute atomic E-state index is 12.4. The number of rotatable bonds is 29. The van der Waals surface area contributed by atoms with Crippen LogP contribution in [-0.2, 0) is 14.3 Å². The number of carboxylic acid groups (broad SMARTS) is 1. The zero-order valence-electron chi connectivity index (χ0n) is 26.6. The van der Waals surface area contributed by atoms with Crippen LogP contribution < -0.4 is 0 Å². The lowest BCUT2D eigenvalue weighted by Crippen LogP contribution is -2.18. The summed E-state index contributed by atoms with van der Waals surface area (Å²) in [5.41, 5.74) is 0. The third-order valence-electron chi connectivity index (χ3n) is 7.00. The van der Waals surface area contributed by atoms with Gasteiger partial charge in [0, 0.05) is 12.8 Å². The van der Waals surface area contributed by atoms with E-state index in [0.717, 1.165) is 83.5 Å². The first-order chi connectivity index (χ1) is 20.1. The Balaban J connectivity index is 3.95. The molecule has 0 amide bonds. The smallest absolute Gasteiger partial charge is 0.306 e. The summed E-state index contributed by atoms with van der Waals surface area (Å²) < 4.78 is 5.82. The molecule has 4 heteroatoms. The number of ether oxygens (including phenoxy) is 1. The molecule has 0 saturated carbocycles. The van der Waals surface area contributed by atoms with Gasteiger partial charge >= 0.3 is 11.9 Å². The van der Waals surface area contributed by atoms with Crippen molar-refractivity contribution in [2.75, 3.05) is 0 Å². The van der Waals surface area contributed by atoms with Crippen molar-refractivity contribution in [1.82, 2.24) is 0 Å². The largest absolute Gasteiger partial charge is 0.481 e. The van der Waals surface area contributed by atoms with E-state index in [1.54, 1.807) is 0 Å². The monoisotopic (exact) mass is 570 g/mol. The van der Waals surface area contributed by atoms with E-state index in [4.69, 9.17) is 9.84 Å². The van der Waals surface area contributed by atoms with Crippen molar-refractivity contribution < 1.29 is 19.4 Å². The topological polar surface area (TPSA) is 63.6 Å². The summed E-state index contributed by atoms with van der Waals surface area (Å²) >= 11 is 0. The molecule has 0 aromatic rings. The molecule has 0 aliphatic rings. The Bertz CT molecular complexity index is 744. The number of aliphatic carboxylic acids is 1. The Kier molecular flexibility index (Phi) is 30.3. The van der Waals surface area contributed by atoms with Gasteiger partial charge in [-0.05, 0) is 83.5 Å². The van der Waals surface area contributed by atoms with Gasteiger partial charge in [-0.25, -0.2) is 0 Å². The minimum Gasteiger partial charge on any atom is -0.481 e. The van der Waals surface area contributed by atoms with Gasteiger partial charge in [0.05, 0.1) is 0 Å². The minimum absolute atomic E-state index is 0.0618. The van der Waals surface area contributed by atoms with Gasteiger partial charge in [-0.15, -0.1) is 0 Å². The van der Waals surface area contributed by atoms with Crippen molar-refractivity contribution in [2.45, 2.75) is 161 Å². The lowest BCUT2D eigenvalue weighted by Gasteiger charge is -2.18. The van der Waals surface area contributed by atoms with Crippen molar-refractivity contribution >= 4 is 11.9 Å². The molecular formula is C37H62O4. The molecule has 0 aromatic carbocycles. The van der Waals surface area contributed by atoms with E-state index in [-0.39, 0.29) is 18.5 Å². The molecule has 1 N–H and O–H groups in total. The average molecular weight is 571 g/mol. The van der Waals surface area contributed by atoms with Gasteiger partial charge in [-0.3, -0.25) is 9.59 Å². The zero-order valence-corrected chi connectivity index (χ0v) is 26.6. The summed E-state index contributed by atoms with van der Waals surface area (Å²) in [7, 11) is 0. The predicted octanol–water partition coefficient (Wildman–Crippen LogP) is 11.4. The van der Waals surface area contributed by atoms with Crippen molar-refractivity contribution in [1.29, 1.82) is 0 Å². The van der Waals surface area contributed by atoms with E-state index in [9.17, 15) is 9.59 Å². The summed E-state index contributed by atoms with van der Waals surface area (Å²) in [6.07, 6.45) is 43.7. The van der Waals surface area contributed by atoms with Crippen LogP contribution >= 0.6 is 0 Å². The Morgan fingerprint density at radius 2 is 1.02 bits per heavy atom. The van der Waals surface area contributed by atoms with Gasteiger partial charge in [-0.1, -0.05) is 120 Å². The van der Waals surface area contributed by atoms with Crippen LogP contribution in [0.4, 0.5) is 0 Å². The number of esters is 1. The number of hydrogen-bond acceptors (Lipinski definition) is 3. The first-order valence-electron chi connectivity index (χ1n) is 16.8. The molecular weight excluding hydrogens is 508 g/mol. The first kappa shape index (κ1) is 38.6. The highest BCUT2D eigenvalue weighted by Crippen LogP contribution is 2.17.